The van der Waals surface area contributed by atoms with Crippen molar-refractivity contribution < 1.29 is 0 Å². The predicted octanol–water partition coefficient (Wildman–Crippen LogP) is 3.49. The third-order valence-corrected chi connectivity index (χ3v) is 4.30. The van der Waals surface area contributed by atoms with Gasteiger partial charge >= 0.3 is 0 Å². The summed E-state index contributed by atoms with van der Waals surface area (Å²) in [7, 11) is 0. The van der Waals surface area contributed by atoms with Crippen molar-refractivity contribution in [1.82, 2.24) is 24.9 Å². The van der Waals surface area contributed by atoms with Gasteiger partial charge in [0.05, 0.1) is 0 Å². The first-order valence-corrected chi connectivity index (χ1v) is 9.88. The summed E-state index contributed by atoms with van der Waals surface area (Å²) in [4.78, 5) is 22.1. The van der Waals surface area contributed by atoms with Crippen LogP contribution in [-0.2, 0) is 0 Å². The highest BCUT2D eigenvalue weighted by Crippen LogP contribution is 2.20. The summed E-state index contributed by atoms with van der Waals surface area (Å²) in [6.45, 7) is 3.25. The zero-order valence-electron chi connectivity index (χ0n) is 17.1. The molecule has 0 amide bonds. The molecule has 0 saturated carbocycles. The summed E-state index contributed by atoms with van der Waals surface area (Å²) < 4.78 is 0. The Balaban J connectivity index is 1.46. The second kappa shape index (κ2) is 9.59. The molecule has 4 rings (SSSR count). The summed E-state index contributed by atoms with van der Waals surface area (Å²) >= 11 is 0. The van der Waals surface area contributed by atoms with E-state index in [-0.39, 0.29) is 0 Å². The highest BCUT2D eigenvalue weighted by molar-refractivity contribution is 5.61. The van der Waals surface area contributed by atoms with E-state index < -0.39 is 0 Å². The molecule has 0 aliphatic heterocycles. The third kappa shape index (κ3) is 5.49. The number of aromatic nitrogens is 5. The van der Waals surface area contributed by atoms with Gasteiger partial charge in [0.15, 0.2) is 5.82 Å². The van der Waals surface area contributed by atoms with Gasteiger partial charge in [-0.1, -0.05) is 6.07 Å². The molecule has 0 radical (unpaired) electrons. The van der Waals surface area contributed by atoms with E-state index in [4.69, 9.17) is 5.73 Å². The van der Waals surface area contributed by atoms with Crippen LogP contribution >= 0.6 is 0 Å². The topological polar surface area (TPSA) is 127 Å². The molecule has 0 fully saturated rings. The first-order chi connectivity index (χ1) is 15.2. The maximum Gasteiger partial charge on any atom is 0.229 e. The van der Waals surface area contributed by atoms with E-state index in [2.05, 4.69) is 40.9 Å². The van der Waals surface area contributed by atoms with Crippen LogP contribution in [0.1, 0.15) is 5.69 Å². The van der Waals surface area contributed by atoms with E-state index in [1.54, 1.807) is 24.5 Å². The van der Waals surface area contributed by atoms with Crippen molar-refractivity contribution in [1.29, 1.82) is 0 Å². The predicted molar refractivity (Wildman–Crippen MR) is 123 cm³/mol. The molecule has 1 aromatic carbocycles. The molecule has 0 aliphatic rings. The largest absolute Gasteiger partial charge is 0.384 e. The van der Waals surface area contributed by atoms with Gasteiger partial charge in [-0.25, -0.2) is 19.9 Å². The Morgan fingerprint density at radius 3 is 2.29 bits per heavy atom. The zero-order valence-corrected chi connectivity index (χ0v) is 17.1. The molecule has 0 atom stereocenters. The molecule has 0 bridgehead atoms. The molecule has 9 heteroatoms. The molecule has 9 nitrogen and oxygen atoms in total. The van der Waals surface area contributed by atoms with Crippen LogP contribution in [0.3, 0.4) is 0 Å². The van der Waals surface area contributed by atoms with Gasteiger partial charge in [-0.3, -0.25) is 0 Å². The number of nitrogens with one attached hydrogen (secondary N) is 3. The normalized spacial score (nSPS) is 10.5. The van der Waals surface area contributed by atoms with Crippen molar-refractivity contribution in [3.8, 4) is 11.5 Å². The van der Waals surface area contributed by atoms with E-state index in [0.717, 1.165) is 29.3 Å². The number of rotatable bonds is 8. The first kappa shape index (κ1) is 20.2. The van der Waals surface area contributed by atoms with Gasteiger partial charge in [-0.15, -0.1) is 0 Å². The molecule has 0 aliphatic carbocycles. The zero-order chi connectivity index (χ0) is 21.5. The summed E-state index contributed by atoms with van der Waals surface area (Å²) in [6, 6.07) is 17.2. The van der Waals surface area contributed by atoms with Gasteiger partial charge < -0.3 is 21.7 Å². The minimum atomic E-state index is 0.474. The Morgan fingerprint density at radius 2 is 1.52 bits per heavy atom. The molecular formula is C22H23N9. The molecule has 31 heavy (non-hydrogen) atoms. The van der Waals surface area contributed by atoms with E-state index in [1.807, 2.05) is 49.4 Å². The lowest BCUT2D eigenvalue weighted by molar-refractivity contribution is 1.02. The van der Waals surface area contributed by atoms with Crippen LogP contribution in [0.5, 0.6) is 0 Å². The number of benzene rings is 1. The fraction of sp³-hybridized carbons (Fsp3) is 0.136. The molecule has 5 N–H and O–H groups in total. The molecule has 3 heterocycles. The monoisotopic (exact) mass is 413 g/mol. The summed E-state index contributed by atoms with van der Waals surface area (Å²) in [5.74, 6) is 2.25. The molecule has 3 aromatic heterocycles. The lowest BCUT2D eigenvalue weighted by Gasteiger charge is -2.10. The number of hydrogen-bond donors (Lipinski definition) is 4. The Morgan fingerprint density at radius 1 is 0.774 bits per heavy atom. The molecule has 156 valence electrons. The van der Waals surface area contributed by atoms with Gasteiger partial charge in [0.1, 0.15) is 17.3 Å². The highest BCUT2D eigenvalue weighted by Gasteiger charge is 2.06. The third-order valence-electron chi connectivity index (χ3n) is 4.30. The fourth-order valence-corrected chi connectivity index (χ4v) is 2.86. The second-order valence-electron chi connectivity index (χ2n) is 6.74. The van der Waals surface area contributed by atoms with Crippen LogP contribution in [0.2, 0.25) is 0 Å². The lowest BCUT2D eigenvalue weighted by atomic mass is 10.3. The summed E-state index contributed by atoms with van der Waals surface area (Å²) in [5, 5.41) is 9.63. The van der Waals surface area contributed by atoms with E-state index in [0.29, 0.717) is 30.0 Å². The Labute approximate surface area is 180 Å². The maximum absolute atomic E-state index is 5.51. The van der Waals surface area contributed by atoms with E-state index in [9.17, 15) is 0 Å². The Kier molecular flexibility index (Phi) is 6.24. The van der Waals surface area contributed by atoms with Crippen LogP contribution in [0, 0.1) is 6.92 Å². The van der Waals surface area contributed by atoms with Crippen LogP contribution in [0.4, 0.5) is 29.0 Å². The van der Waals surface area contributed by atoms with Crippen molar-refractivity contribution in [2.75, 3.05) is 29.0 Å². The van der Waals surface area contributed by atoms with Crippen molar-refractivity contribution in [3.63, 3.8) is 0 Å². The summed E-state index contributed by atoms with van der Waals surface area (Å²) in [6.07, 6.45) is 3.37. The molecule has 0 spiro atoms. The lowest BCUT2D eigenvalue weighted by Crippen LogP contribution is -2.12. The van der Waals surface area contributed by atoms with Crippen molar-refractivity contribution >= 4 is 29.0 Å². The smallest absolute Gasteiger partial charge is 0.229 e. The number of pyridine rings is 1. The molecule has 0 unspecified atom stereocenters. The quantitative estimate of drug-likeness (QED) is 0.343. The number of anilines is 5. The van der Waals surface area contributed by atoms with Crippen LogP contribution in [-0.4, -0.2) is 38.0 Å². The van der Waals surface area contributed by atoms with Gasteiger partial charge in [-0.2, -0.15) is 4.98 Å². The standard InChI is InChI=1S/C22H23N9/c1-15-3-2-4-18(27-15)21-25-12-9-19(30-21)29-20-10-13-26-22(31-20)28-17-7-5-16(6-8-17)24-14-11-23/h2-10,12-13,24H,11,14,23H2,1H3,(H2,25,26,28,29,30,31). The average Bonchev–Trinajstić information content (AvgIpc) is 2.79. The van der Waals surface area contributed by atoms with Gasteiger partial charge in [0, 0.05) is 42.6 Å². The van der Waals surface area contributed by atoms with Crippen molar-refractivity contribution in [3.05, 3.63) is 72.7 Å². The second-order valence-corrected chi connectivity index (χ2v) is 6.74. The van der Waals surface area contributed by atoms with Crippen LogP contribution in [0.15, 0.2) is 67.0 Å². The van der Waals surface area contributed by atoms with Crippen molar-refractivity contribution in [2.45, 2.75) is 6.92 Å². The Bertz CT molecular complexity index is 1150. The molecule has 0 saturated heterocycles. The Hall–Kier alpha value is -4.11. The molecular weight excluding hydrogens is 390 g/mol. The number of hydrogen-bond acceptors (Lipinski definition) is 9. The van der Waals surface area contributed by atoms with Crippen molar-refractivity contribution in [2.24, 2.45) is 5.73 Å². The van der Waals surface area contributed by atoms with E-state index in [1.165, 1.54) is 0 Å². The number of nitrogens with zero attached hydrogens (tertiary/aromatic N) is 5. The SMILES string of the molecule is Cc1cccc(-c2nccc(Nc3ccnc(Nc4ccc(NCCN)cc4)n3)n2)n1. The summed E-state index contributed by atoms with van der Waals surface area (Å²) in [5.41, 5.74) is 9.03. The fourth-order valence-electron chi connectivity index (χ4n) is 2.86. The average molecular weight is 413 g/mol. The highest BCUT2D eigenvalue weighted by atomic mass is 15.2. The molecule has 4 aromatic rings. The van der Waals surface area contributed by atoms with Crippen LogP contribution < -0.4 is 21.7 Å². The number of nitrogens with two attached hydrogens (primary N) is 1. The van der Waals surface area contributed by atoms with Crippen LogP contribution in [0.25, 0.3) is 11.5 Å². The first-order valence-electron chi connectivity index (χ1n) is 9.88. The van der Waals surface area contributed by atoms with Gasteiger partial charge in [0.25, 0.3) is 0 Å². The minimum absolute atomic E-state index is 0.474. The van der Waals surface area contributed by atoms with Gasteiger partial charge in [0.2, 0.25) is 5.95 Å². The maximum atomic E-state index is 5.51. The minimum Gasteiger partial charge on any atom is -0.384 e. The van der Waals surface area contributed by atoms with Gasteiger partial charge in [-0.05, 0) is 55.5 Å². The number of aryl methyl sites for hydroxylation is 1. The van der Waals surface area contributed by atoms with E-state index >= 15 is 0 Å².